The molecular weight excluding hydrogens is 635 g/mol. The minimum atomic E-state index is -0.695. The van der Waals surface area contributed by atoms with Gasteiger partial charge in [0.15, 0.2) is 0 Å². The molecule has 0 N–H and O–H groups in total. The van der Waals surface area contributed by atoms with Gasteiger partial charge in [0.05, 0.1) is 16.4 Å². The van der Waals surface area contributed by atoms with Gasteiger partial charge in [-0.25, -0.2) is 0 Å². The largest absolute Gasteiger partial charge is 0.457 e. The summed E-state index contributed by atoms with van der Waals surface area (Å²) in [6.07, 6.45) is 0. The van der Waals surface area contributed by atoms with E-state index in [4.69, 9.17) is 9.47 Å². The molecule has 11 rings (SSSR count). The maximum Gasteiger partial charge on any atom is 0.140 e. The highest BCUT2D eigenvalue weighted by atomic mass is 16.5. The molecule has 1 aromatic heterocycles. The average Bonchev–Trinajstić information content (AvgIpc) is 3.56. The van der Waals surface area contributed by atoms with Gasteiger partial charge in [0.1, 0.15) is 23.0 Å². The molecule has 0 aliphatic carbocycles. The molecule has 0 fully saturated rings. The Balaban J connectivity index is 1.24. The number of para-hydroxylation sites is 6. The Morgan fingerprint density at radius 3 is 1.79 bits per heavy atom. The molecule has 9 aromatic rings. The molecule has 3 heteroatoms. The van der Waals surface area contributed by atoms with Crippen molar-refractivity contribution in [3.8, 4) is 50.9 Å². The van der Waals surface area contributed by atoms with Crippen LogP contribution in [0, 0.1) is 0 Å². The molecule has 3 nitrogen and oxygen atoms in total. The first-order chi connectivity index (χ1) is 25.8. The highest BCUT2D eigenvalue weighted by molar-refractivity contribution is 6.14. The molecule has 3 heterocycles. The molecular formula is C49H31NO2. The fraction of sp³-hybridized carbons (Fsp3) is 0.0204. The fourth-order valence-corrected chi connectivity index (χ4v) is 8.79. The van der Waals surface area contributed by atoms with Crippen LogP contribution in [0.2, 0.25) is 0 Å². The maximum absolute atomic E-state index is 7.13. The predicted molar refractivity (Wildman–Crippen MR) is 210 cm³/mol. The van der Waals surface area contributed by atoms with Gasteiger partial charge in [-0.2, -0.15) is 0 Å². The number of aromatic nitrogens is 1. The Kier molecular flexibility index (Phi) is 6.17. The van der Waals surface area contributed by atoms with E-state index in [1.54, 1.807) is 0 Å². The maximum atomic E-state index is 7.13. The summed E-state index contributed by atoms with van der Waals surface area (Å²) in [4.78, 5) is 0. The van der Waals surface area contributed by atoms with Crippen molar-refractivity contribution >= 4 is 21.8 Å². The first kappa shape index (κ1) is 28.9. The van der Waals surface area contributed by atoms with E-state index in [-0.39, 0.29) is 0 Å². The van der Waals surface area contributed by atoms with Crippen LogP contribution >= 0.6 is 0 Å². The Hall–Kier alpha value is -6.84. The van der Waals surface area contributed by atoms with Crippen molar-refractivity contribution in [2.24, 2.45) is 0 Å². The lowest BCUT2D eigenvalue weighted by atomic mass is 9.62. The van der Waals surface area contributed by atoms with E-state index in [1.165, 1.54) is 16.3 Å². The lowest BCUT2D eigenvalue weighted by Gasteiger charge is -2.45. The third-order valence-electron chi connectivity index (χ3n) is 10.9. The minimum Gasteiger partial charge on any atom is -0.457 e. The SMILES string of the molecule is c1ccc(-c2ccc3c(c2)Oc2ccccc2C32c3ccccc3Oc3c(-c4cccc5c6ccccc6n(-c6ccccc6)c45)cccc32)cc1. The Labute approximate surface area is 301 Å². The Morgan fingerprint density at radius 2 is 0.981 bits per heavy atom. The monoisotopic (exact) mass is 665 g/mol. The molecule has 0 saturated heterocycles. The molecule has 0 saturated carbocycles. The molecule has 52 heavy (non-hydrogen) atoms. The summed E-state index contributed by atoms with van der Waals surface area (Å²) in [6.45, 7) is 0. The first-order valence-corrected chi connectivity index (χ1v) is 17.8. The molecule has 2 aliphatic rings. The smallest absolute Gasteiger partial charge is 0.140 e. The van der Waals surface area contributed by atoms with Crippen LogP contribution in [0.3, 0.4) is 0 Å². The van der Waals surface area contributed by atoms with Crippen molar-refractivity contribution in [1.82, 2.24) is 4.57 Å². The zero-order chi connectivity index (χ0) is 34.2. The third kappa shape index (κ3) is 3.96. The van der Waals surface area contributed by atoms with Gasteiger partial charge in [0.25, 0.3) is 0 Å². The van der Waals surface area contributed by atoms with E-state index in [0.29, 0.717) is 0 Å². The summed E-state index contributed by atoms with van der Waals surface area (Å²) in [5, 5.41) is 2.42. The lowest BCUT2D eigenvalue weighted by Crippen LogP contribution is -2.37. The average molecular weight is 666 g/mol. The van der Waals surface area contributed by atoms with E-state index >= 15 is 0 Å². The van der Waals surface area contributed by atoms with Gasteiger partial charge < -0.3 is 14.0 Å². The van der Waals surface area contributed by atoms with Gasteiger partial charge in [0.2, 0.25) is 0 Å². The minimum absolute atomic E-state index is 0.695. The van der Waals surface area contributed by atoms with Gasteiger partial charge in [-0.05, 0) is 47.5 Å². The molecule has 2 aliphatic heterocycles. The van der Waals surface area contributed by atoms with Crippen molar-refractivity contribution in [3.05, 3.63) is 210 Å². The van der Waals surface area contributed by atoms with E-state index in [0.717, 1.165) is 78.7 Å². The van der Waals surface area contributed by atoms with E-state index in [9.17, 15) is 0 Å². The van der Waals surface area contributed by atoms with Crippen LogP contribution in [0.15, 0.2) is 188 Å². The second kappa shape index (κ2) is 11.1. The van der Waals surface area contributed by atoms with Crippen LogP contribution in [0.25, 0.3) is 49.7 Å². The summed E-state index contributed by atoms with van der Waals surface area (Å²) in [6, 6.07) is 66.9. The zero-order valence-corrected chi connectivity index (χ0v) is 28.2. The second-order valence-corrected chi connectivity index (χ2v) is 13.6. The zero-order valence-electron chi connectivity index (χ0n) is 28.2. The van der Waals surface area contributed by atoms with Crippen molar-refractivity contribution in [1.29, 1.82) is 0 Å². The summed E-state index contributed by atoms with van der Waals surface area (Å²) >= 11 is 0. The van der Waals surface area contributed by atoms with Crippen molar-refractivity contribution in [2.75, 3.05) is 0 Å². The number of rotatable bonds is 3. The van der Waals surface area contributed by atoms with Gasteiger partial charge >= 0.3 is 0 Å². The number of hydrogen-bond donors (Lipinski definition) is 0. The molecule has 8 aromatic carbocycles. The molecule has 1 atom stereocenters. The van der Waals surface area contributed by atoms with Crippen LogP contribution in [-0.4, -0.2) is 4.57 Å². The van der Waals surface area contributed by atoms with Gasteiger partial charge in [-0.15, -0.1) is 0 Å². The summed E-state index contributed by atoms with van der Waals surface area (Å²) in [5.74, 6) is 3.39. The van der Waals surface area contributed by atoms with Crippen LogP contribution in [-0.2, 0) is 5.41 Å². The quantitative estimate of drug-likeness (QED) is 0.187. The molecule has 244 valence electrons. The molecule has 0 radical (unpaired) electrons. The number of nitrogens with zero attached hydrogens (tertiary/aromatic N) is 1. The van der Waals surface area contributed by atoms with Crippen molar-refractivity contribution < 1.29 is 9.47 Å². The Morgan fingerprint density at radius 1 is 0.385 bits per heavy atom. The van der Waals surface area contributed by atoms with E-state index in [1.807, 2.05) is 0 Å². The van der Waals surface area contributed by atoms with Crippen molar-refractivity contribution in [2.45, 2.75) is 5.41 Å². The van der Waals surface area contributed by atoms with Crippen molar-refractivity contribution in [3.63, 3.8) is 0 Å². The lowest BCUT2D eigenvalue weighted by molar-refractivity contribution is 0.400. The summed E-state index contributed by atoms with van der Waals surface area (Å²) in [5.41, 5.74) is 11.6. The van der Waals surface area contributed by atoms with Gasteiger partial charge in [-0.3, -0.25) is 0 Å². The third-order valence-corrected chi connectivity index (χ3v) is 10.9. The summed E-state index contributed by atoms with van der Waals surface area (Å²) in [7, 11) is 0. The van der Waals surface area contributed by atoms with E-state index < -0.39 is 5.41 Å². The number of hydrogen-bond acceptors (Lipinski definition) is 2. The first-order valence-electron chi connectivity index (χ1n) is 17.8. The van der Waals surface area contributed by atoms with Crippen LogP contribution in [0.1, 0.15) is 22.3 Å². The fourth-order valence-electron chi connectivity index (χ4n) is 8.79. The standard InChI is InChI=1S/C49H31NO2/c1-3-15-32(16-4-1)33-29-30-41-46(31-33)51-44-27-11-8-23-39(44)49(41)40-24-9-12-28-45(40)52-48-38(22-14-25-42(48)49)37-21-13-20-36-35-19-7-10-26-43(35)50(47(36)37)34-17-5-2-6-18-34/h1-31H. The summed E-state index contributed by atoms with van der Waals surface area (Å²) < 4.78 is 16.4. The molecule has 0 bridgehead atoms. The number of benzene rings is 8. The number of ether oxygens (including phenoxy) is 2. The van der Waals surface area contributed by atoms with Gasteiger partial charge in [0, 0.05) is 49.8 Å². The normalized spacial score (nSPS) is 15.3. The van der Waals surface area contributed by atoms with E-state index in [2.05, 4.69) is 193 Å². The number of fused-ring (bicyclic) bond motifs is 11. The van der Waals surface area contributed by atoms with Crippen LogP contribution in [0.5, 0.6) is 23.0 Å². The highest BCUT2D eigenvalue weighted by Crippen LogP contribution is 2.63. The molecule has 0 amide bonds. The predicted octanol–water partition coefficient (Wildman–Crippen LogP) is 12.7. The molecule has 1 unspecified atom stereocenters. The van der Waals surface area contributed by atoms with Gasteiger partial charge in [-0.1, -0.05) is 152 Å². The Bertz CT molecular complexity index is 2840. The molecule has 1 spiro atoms. The second-order valence-electron chi connectivity index (χ2n) is 13.6. The highest BCUT2D eigenvalue weighted by Gasteiger charge is 2.51. The topological polar surface area (TPSA) is 23.4 Å². The van der Waals surface area contributed by atoms with Crippen LogP contribution in [0.4, 0.5) is 0 Å². The van der Waals surface area contributed by atoms with Crippen LogP contribution < -0.4 is 9.47 Å².